The molecule has 11 heteroatoms. The first kappa shape index (κ1) is 29.6. The summed E-state index contributed by atoms with van der Waals surface area (Å²) in [6, 6.07) is 13.5. The van der Waals surface area contributed by atoms with E-state index in [1.807, 2.05) is 24.3 Å². The Kier molecular flexibility index (Phi) is 10.2. The number of hydrogen-bond donors (Lipinski definition) is 1. The molecule has 1 N–H and O–H groups in total. The van der Waals surface area contributed by atoms with Gasteiger partial charge in [-0.25, -0.2) is 8.42 Å². The van der Waals surface area contributed by atoms with Crippen molar-refractivity contribution in [3.8, 4) is 18.1 Å². The molecule has 0 spiro atoms. The number of carbonyl (C=O) groups is 1. The second-order valence-electron chi connectivity index (χ2n) is 9.27. The number of hydrogen-bond acceptors (Lipinski definition) is 8. The Morgan fingerprint density at radius 1 is 1.12 bits per heavy atom. The third-order valence-electron chi connectivity index (χ3n) is 6.76. The van der Waals surface area contributed by atoms with Crippen LogP contribution in [0.5, 0.6) is 5.75 Å². The predicted molar refractivity (Wildman–Crippen MR) is 147 cm³/mol. The average Bonchev–Trinajstić information content (AvgIpc) is 3.00. The Morgan fingerprint density at radius 2 is 1.82 bits per heavy atom. The Hall–Kier alpha value is -3.40. The molecule has 40 heavy (non-hydrogen) atoms. The summed E-state index contributed by atoms with van der Waals surface area (Å²) in [5, 5.41) is 9.53. The van der Waals surface area contributed by atoms with Gasteiger partial charge in [-0.05, 0) is 48.0 Å². The van der Waals surface area contributed by atoms with Crippen molar-refractivity contribution in [3.63, 3.8) is 0 Å². The maximum absolute atomic E-state index is 13.2. The molecule has 2 aliphatic rings. The number of aliphatic hydroxyl groups excluding tert-OH is 1. The van der Waals surface area contributed by atoms with Gasteiger partial charge in [-0.15, -0.1) is 6.42 Å². The SMILES string of the molecule is C#Cc1ccc([C@@H]2C=C(C(=O)N3CCOCC3)O[C@H](OCCN(CCO)S(=O)(=O)c3ccc(OC)cc3)C2)cc1. The Labute approximate surface area is 235 Å². The van der Waals surface area contributed by atoms with Gasteiger partial charge in [0.05, 0.1) is 38.4 Å². The van der Waals surface area contributed by atoms with Crippen LogP contribution in [0.25, 0.3) is 0 Å². The van der Waals surface area contributed by atoms with Crippen molar-refractivity contribution in [3.05, 3.63) is 71.5 Å². The van der Waals surface area contributed by atoms with Gasteiger partial charge in [0, 0.05) is 44.1 Å². The largest absolute Gasteiger partial charge is 0.497 e. The molecular weight excluding hydrogens is 536 g/mol. The van der Waals surface area contributed by atoms with Crippen molar-refractivity contribution < 1.29 is 37.3 Å². The van der Waals surface area contributed by atoms with Crippen molar-refractivity contribution in [1.29, 1.82) is 0 Å². The quantitative estimate of drug-likeness (QED) is 0.408. The lowest BCUT2D eigenvalue weighted by molar-refractivity contribution is -0.155. The number of aliphatic hydroxyl groups is 1. The van der Waals surface area contributed by atoms with Crippen LogP contribution < -0.4 is 4.74 Å². The van der Waals surface area contributed by atoms with Crippen LogP contribution in [0.15, 0.2) is 65.3 Å². The highest BCUT2D eigenvalue weighted by Crippen LogP contribution is 2.32. The number of allylic oxidation sites excluding steroid dienone is 1. The first-order valence-electron chi connectivity index (χ1n) is 13.0. The maximum atomic E-state index is 13.2. The van der Waals surface area contributed by atoms with E-state index in [0.717, 1.165) is 15.4 Å². The second-order valence-corrected chi connectivity index (χ2v) is 11.2. The smallest absolute Gasteiger partial charge is 0.288 e. The van der Waals surface area contributed by atoms with Crippen LogP contribution in [0.4, 0.5) is 0 Å². The van der Waals surface area contributed by atoms with Crippen molar-refractivity contribution in [2.24, 2.45) is 0 Å². The highest BCUT2D eigenvalue weighted by molar-refractivity contribution is 7.89. The molecule has 0 radical (unpaired) electrons. The summed E-state index contributed by atoms with van der Waals surface area (Å²) in [6.07, 6.45) is 6.92. The van der Waals surface area contributed by atoms with Crippen LogP contribution in [0.3, 0.4) is 0 Å². The molecule has 2 aliphatic heterocycles. The zero-order valence-corrected chi connectivity index (χ0v) is 23.2. The molecule has 1 saturated heterocycles. The number of terminal acetylenes is 1. The topological polar surface area (TPSA) is 115 Å². The number of rotatable bonds is 11. The fourth-order valence-corrected chi connectivity index (χ4v) is 5.95. The molecule has 2 atom stereocenters. The van der Waals surface area contributed by atoms with Crippen LogP contribution >= 0.6 is 0 Å². The molecule has 0 aliphatic carbocycles. The number of morpholine rings is 1. The Morgan fingerprint density at radius 3 is 2.45 bits per heavy atom. The molecule has 10 nitrogen and oxygen atoms in total. The molecule has 0 unspecified atom stereocenters. The number of ether oxygens (including phenoxy) is 4. The van der Waals surface area contributed by atoms with E-state index < -0.39 is 16.3 Å². The van der Waals surface area contributed by atoms with Gasteiger partial charge in [-0.1, -0.05) is 18.1 Å². The van der Waals surface area contributed by atoms with Crippen LogP contribution in [0.2, 0.25) is 0 Å². The number of carbonyl (C=O) groups excluding carboxylic acids is 1. The van der Waals surface area contributed by atoms with Gasteiger partial charge in [0.15, 0.2) is 5.76 Å². The molecule has 214 valence electrons. The normalized spacial score (nSPS) is 19.4. The molecular formula is C29H34N2O8S. The number of benzene rings is 2. The highest BCUT2D eigenvalue weighted by atomic mass is 32.2. The van der Waals surface area contributed by atoms with E-state index in [-0.39, 0.29) is 48.8 Å². The van der Waals surface area contributed by atoms with Gasteiger partial charge in [-0.2, -0.15) is 4.31 Å². The molecule has 0 aromatic heterocycles. The first-order valence-corrected chi connectivity index (χ1v) is 14.5. The first-order chi connectivity index (χ1) is 19.3. The van der Waals surface area contributed by atoms with E-state index in [9.17, 15) is 18.3 Å². The van der Waals surface area contributed by atoms with E-state index in [2.05, 4.69) is 5.92 Å². The van der Waals surface area contributed by atoms with Crippen molar-refractivity contribution in [2.45, 2.75) is 23.5 Å². The van der Waals surface area contributed by atoms with Crippen LogP contribution in [0, 0.1) is 12.3 Å². The maximum Gasteiger partial charge on any atom is 0.288 e. The van der Waals surface area contributed by atoms with Crippen LogP contribution in [0.1, 0.15) is 23.5 Å². The zero-order valence-electron chi connectivity index (χ0n) is 22.4. The van der Waals surface area contributed by atoms with E-state index in [4.69, 9.17) is 25.4 Å². The average molecular weight is 571 g/mol. The molecule has 0 saturated carbocycles. The van der Waals surface area contributed by atoms with Crippen LogP contribution in [-0.2, 0) is 29.0 Å². The van der Waals surface area contributed by atoms with Gasteiger partial charge >= 0.3 is 0 Å². The second kappa shape index (κ2) is 13.8. The summed E-state index contributed by atoms with van der Waals surface area (Å²) >= 11 is 0. The number of nitrogens with zero attached hydrogens (tertiary/aromatic N) is 2. The van der Waals surface area contributed by atoms with E-state index in [1.165, 1.54) is 19.2 Å². The standard InChI is InChI=1S/C29H34N2O8S/c1-3-22-4-6-23(7-5-22)24-20-27(29(33)30-13-17-37-18-14-30)39-28(21-24)38-19-15-31(12-16-32)40(34,35)26-10-8-25(36-2)9-11-26/h1,4-11,20,24,28,32H,12-19,21H2,2H3/t24-,28+/m1/s1. The van der Waals surface area contributed by atoms with E-state index in [1.54, 1.807) is 23.1 Å². The van der Waals surface area contributed by atoms with E-state index >= 15 is 0 Å². The third kappa shape index (κ3) is 7.21. The van der Waals surface area contributed by atoms with Gasteiger partial charge in [-0.3, -0.25) is 4.79 Å². The Balaban J connectivity index is 1.47. The molecule has 1 amide bonds. The van der Waals surface area contributed by atoms with Gasteiger partial charge in [0.2, 0.25) is 16.3 Å². The Bertz CT molecular complexity index is 1310. The summed E-state index contributed by atoms with van der Waals surface area (Å²) in [6.45, 7) is 1.35. The third-order valence-corrected chi connectivity index (χ3v) is 8.68. The number of methoxy groups -OCH3 is 1. The molecule has 2 aromatic carbocycles. The molecule has 2 aromatic rings. The van der Waals surface area contributed by atoms with Crippen LogP contribution in [-0.4, -0.2) is 94.6 Å². The molecule has 2 heterocycles. The lowest BCUT2D eigenvalue weighted by Crippen LogP contribution is -2.43. The predicted octanol–water partition coefficient (Wildman–Crippen LogP) is 1.95. The molecule has 1 fully saturated rings. The lowest BCUT2D eigenvalue weighted by atomic mass is 9.92. The van der Waals surface area contributed by atoms with E-state index in [0.29, 0.717) is 38.5 Å². The van der Waals surface area contributed by atoms with Gasteiger partial charge in [0.25, 0.3) is 5.91 Å². The lowest BCUT2D eigenvalue weighted by Gasteiger charge is -2.33. The summed E-state index contributed by atoms with van der Waals surface area (Å²) in [4.78, 5) is 15.0. The minimum absolute atomic E-state index is 0.0121. The summed E-state index contributed by atoms with van der Waals surface area (Å²) in [7, 11) is -2.40. The summed E-state index contributed by atoms with van der Waals surface area (Å²) in [5.41, 5.74) is 1.70. The number of amides is 1. The monoisotopic (exact) mass is 570 g/mol. The van der Waals surface area contributed by atoms with Crippen molar-refractivity contribution >= 4 is 15.9 Å². The van der Waals surface area contributed by atoms with Crippen molar-refractivity contribution in [2.75, 3.05) is 59.7 Å². The minimum atomic E-state index is -3.89. The highest BCUT2D eigenvalue weighted by Gasteiger charge is 2.32. The van der Waals surface area contributed by atoms with Crippen molar-refractivity contribution in [1.82, 2.24) is 9.21 Å². The van der Waals surface area contributed by atoms with Gasteiger partial charge < -0.3 is 29.0 Å². The summed E-state index contributed by atoms with van der Waals surface area (Å²) in [5.74, 6) is 2.89. The fourth-order valence-electron chi connectivity index (χ4n) is 4.54. The fraction of sp³-hybridized carbons (Fsp3) is 0.414. The molecule has 4 rings (SSSR count). The minimum Gasteiger partial charge on any atom is -0.497 e. The molecule has 0 bridgehead atoms. The summed E-state index contributed by atoms with van der Waals surface area (Å²) < 4.78 is 50.0. The number of sulfonamides is 1. The van der Waals surface area contributed by atoms with Gasteiger partial charge in [0.1, 0.15) is 5.75 Å². The zero-order chi connectivity index (χ0) is 28.5.